The Morgan fingerprint density at radius 2 is 0.833 bits per heavy atom. The van der Waals surface area contributed by atoms with E-state index < -0.39 is 5.97 Å². The van der Waals surface area contributed by atoms with Crippen LogP contribution in [0.4, 0.5) is 0 Å². The molecule has 0 heterocycles. The van der Waals surface area contributed by atoms with E-state index in [-0.39, 0.29) is 12.1 Å². The highest BCUT2D eigenvalue weighted by atomic mass is 16.5. The number of unbranched alkanes of at least 4 members (excludes halogenated alkanes) is 23. The number of carboxylic acids is 1. The number of allylic oxidation sites excluding steroid dienone is 6. The summed E-state index contributed by atoms with van der Waals surface area (Å²) in [5.41, 5.74) is 0. The topological polar surface area (TPSA) is 63.6 Å². The van der Waals surface area contributed by atoms with Crippen LogP contribution in [0.3, 0.4) is 0 Å². The largest absolute Gasteiger partial charge is 0.481 e. The van der Waals surface area contributed by atoms with Crippen molar-refractivity contribution in [1.29, 1.82) is 0 Å². The van der Waals surface area contributed by atoms with Gasteiger partial charge in [0.15, 0.2) is 0 Å². The van der Waals surface area contributed by atoms with Gasteiger partial charge in [-0.3, -0.25) is 9.59 Å². The predicted octanol–water partition coefficient (Wildman–Crippen LogP) is 14.6. The Balaban J connectivity index is 3.64. The van der Waals surface area contributed by atoms with Gasteiger partial charge in [-0.05, 0) is 89.9 Å². The molecule has 0 bridgehead atoms. The van der Waals surface area contributed by atoms with E-state index in [2.05, 4.69) is 50.3 Å². The second-order valence-electron chi connectivity index (χ2n) is 14.2. The summed E-state index contributed by atoms with van der Waals surface area (Å²) in [7, 11) is 0. The molecule has 0 saturated carbocycles. The van der Waals surface area contributed by atoms with E-state index in [9.17, 15) is 9.59 Å². The zero-order valence-electron chi connectivity index (χ0n) is 32.0. The van der Waals surface area contributed by atoms with Crippen molar-refractivity contribution >= 4 is 11.9 Å². The minimum Gasteiger partial charge on any atom is -0.481 e. The molecule has 0 aliphatic carbocycles. The van der Waals surface area contributed by atoms with Crippen LogP contribution in [0.2, 0.25) is 0 Å². The fourth-order valence-electron chi connectivity index (χ4n) is 6.20. The Labute approximate surface area is 299 Å². The van der Waals surface area contributed by atoms with Gasteiger partial charge in [0.05, 0.1) is 0 Å². The van der Waals surface area contributed by atoms with Gasteiger partial charge in [0.1, 0.15) is 6.10 Å². The number of hydrogen-bond acceptors (Lipinski definition) is 3. The molecule has 0 radical (unpaired) electrons. The zero-order chi connectivity index (χ0) is 35.0. The maximum atomic E-state index is 12.5. The number of carbonyl (C=O) groups excluding carboxylic acids is 1. The molecule has 4 nitrogen and oxygen atoms in total. The molecule has 280 valence electrons. The molecule has 0 saturated heterocycles. The fraction of sp³-hybridized carbons (Fsp3) is 0.818. The van der Waals surface area contributed by atoms with Gasteiger partial charge in [0.25, 0.3) is 0 Å². The molecule has 4 heteroatoms. The highest BCUT2D eigenvalue weighted by Gasteiger charge is 2.14. The average Bonchev–Trinajstić information content (AvgIpc) is 3.07. The lowest BCUT2D eigenvalue weighted by atomic mass is 10.0. The summed E-state index contributed by atoms with van der Waals surface area (Å²) in [6.45, 7) is 4.47. The van der Waals surface area contributed by atoms with Gasteiger partial charge in [0, 0.05) is 12.8 Å². The SMILES string of the molecule is CCCCC/C=C\C/C=C\CCCC/C=C\CCCCCCCC(=O)OC(CCCC)CCCCCCCCCCCCCCC(=O)O. The molecule has 0 aliphatic heterocycles. The van der Waals surface area contributed by atoms with Crippen LogP contribution in [0.5, 0.6) is 0 Å². The normalized spacial score (nSPS) is 12.5. The Morgan fingerprint density at radius 1 is 0.458 bits per heavy atom. The summed E-state index contributed by atoms with van der Waals surface area (Å²) >= 11 is 0. The molecule has 1 atom stereocenters. The van der Waals surface area contributed by atoms with Crippen molar-refractivity contribution in [3.63, 3.8) is 0 Å². The highest BCUT2D eigenvalue weighted by molar-refractivity contribution is 5.69. The van der Waals surface area contributed by atoms with E-state index in [0.29, 0.717) is 12.8 Å². The summed E-state index contributed by atoms with van der Waals surface area (Å²) < 4.78 is 5.93. The minimum atomic E-state index is -0.671. The highest BCUT2D eigenvalue weighted by Crippen LogP contribution is 2.18. The van der Waals surface area contributed by atoms with E-state index in [4.69, 9.17) is 9.84 Å². The Kier molecular flexibility index (Phi) is 38.1. The molecule has 0 aliphatic rings. The summed E-state index contributed by atoms with van der Waals surface area (Å²) in [5, 5.41) is 8.68. The van der Waals surface area contributed by atoms with Crippen LogP contribution in [0, 0.1) is 0 Å². The van der Waals surface area contributed by atoms with Gasteiger partial charge in [-0.15, -0.1) is 0 Å². The fourth-order valence-corrected chi connectivity index (χ4v) is 6.20. The molecule has 0 aromatic rings. The molecule has 0 spiro atoms. The molecule has 0 aromatic carbocycles. The first-order chi connectivity index (χ1) is 23.6. The third-order valence-electron chi connectivity index (χ3n) is 9.33. The maximum absolute atomic E-state index is 12.5. The molecule has 0 amide bonds. The van der Waals surface area contributed by atoms with Crippen molar-refractivity contribution in [1.82, 2.24) is 0 Å². The minimum absolute atomic E-state index is 0.0195. The van der Waals surface area contributed by atoms with Crippen LogP contribution in [0.25, 0.3) is 0 Å². The first-order valence-corrected chi connectivity index (χ1v) is 21.0. The van der Waals surface area contributed by atoms with E-state index in [0.717, 1.165) is 57.8 Å². The van der Waals surface area contributed by atoms with Crippen LogP contribution in [-0.2, 0) is 14.3 Å². The average molecular weight is 673 g/mol. The van der Waals surface area contributed by atoms with Gasteiger partial charge >= 0.3 is 11.9 Å². The maximum Gasteiger partial charge on any atom is 0.306 e. The van der Waals surface area contributed by atoms with E-state index in [1.807, 2.05) is 0 Å². The second kappa shape index (κ2) is 39.6. The van der Waals surface area contributed by atoms with Crippen LogP contribution < -0.4 is 0 Å². The summed E-state index contributed by atoms with van der Waals surface area (Å²) in [6, 6.07) is 0. The molecular weight excluding hydrogens is 592 g/mol. The van der Waals surface area contributed by atoms with Gasteiger partial charge in [0.2, 0.25) is 0 Å². The first-order valence-electron chi connectivity index (χ1n) is 21.0. The summed E-state index contributed by atoms with van der Waals surface area (Å²) in [6.07, 6.45) is 52.2. The van der Waals surface area contributed by atoms with Crippen LogP contribution >= 0.6 is 0 Å². The number of carbonyl (C=O) groups is 2. The third kappa shape index (κ3) is 38.6. The van der Waals surface area contributed by atoms with Crippen molar-refractivity contribution in [3.8, 4) is 0 Å². The number of esters is 1. The monoisotopic (exact) mass is 673 g/mol. The summed E-state index contributed by atoms with van der Waals surface area (Å²) in [5.74, 6) is -0.651. The Morgan fingerprint density at radius 3 is 1.33 bits per heavy atom. The van der Waals surface area contributed by atoms with Crippen molar-refractivity contribution in [3.05, 3.63) is 36.5 Å². The van der Waals surface area contributed by atoms with Crippen LogP contribution in [0.15, 0.2) is 36.5 Å². The Bertz CT molecular complexity index is 768. The van der Waals surface area contributed by atoms with Crippen molar-refractivity contribution in [2.45, 2.75) is 232 Å². The van der Waals surface area contributed by atoms with Gasteiger partial charge in [-0.2, -0.15) is 0 Å². The van der Waals surface area contributed by atoms with Crippen LogP contribution in [0.1, 0.15) is 226 Å². The van der Waals surface area contributed by atoms with Gasteiger partial charge in [-0.25, -0.2) is 0 Å². The lowest BCUT2D eigenvalue weighted by molar-refractivity contribution is -0.150. The molecule has 1 N–H and O–H groups in total. The number of rotatable bonds is 38. The van der Waals surface area contributed by atoms with Gasteiger partial charge < -0.3 is 9.84 Å². The number of ether oxygens (including phenoxy) is 1. The third-order valence-corrected chi connectivity index (χ3v) is 9.33. The summed E-state index contributed by atoms with van der Waals surface area (Å²) in [4.78, 5) is 23.1. The lowest BCUT2D eigenvalue weighted by Gasteiger charge is -2.18. The molecular formula is C44H80O4. The van der Waals surface area contributed by atoms with Crippen molar-refractivity contribution in [2.75, 3.05) is 0 Å². The van der Waals surface area contributed by atoms with E-state index in [1.54, 1.807) is 0 Å². The van der Waals surface area contributed by atoms with Gasteiger partial charge in [-0.1, -0.05) is 159 Å². The predicted molar refractivity (Wildman–Crippen MR) is 209 cm³/mol. The zero-order valence-corrected chi connectivity index (χ0v) is 32.0. The number of carboxylic acid groups (broad SMARTS) is 1. The Hall–Kier alpha value is -1.84. The quantitative estimate of drug-likeness (QED) is 0.0403. The number of hydrogen-bond donors (Lipinski definition) is 1. The molecule has 0 rings (SSSR count). The molecule has 48 heavy (non-hydrogen) atoms. The second-order valence-corrected chi connectivity index (χ2v) is 14.2. The van der Waals surface area contributed by atoms with Crippen LogP contribution in [-0.4, -0.2) is 23.1 Å². The van der Waals surface area contributed by atoms with Crippen molar-refractivity contribution < 1.29 is 19.4 Å². The van der Waals surface area contributed by atoms with Crippen molar-refractivity contribution in [2.24, 2.45) is 0 Å². The smallest absolute Gasteiger partial charge is 0.306 e. The first kappa shape index (κ1) is 46.2. The molecule has 0 fully saturated rings. The van der Waals surface area contributed by atoms with E-state index in [1.165, 1.54) is 141 Å². The standard InChI is InChI=1S/C44H80O4/c1-3-5-7-8-9-10-11-12-13-14-15-16-17-18-19-20-25-28-31-34-37-41-44(47)48-42(38-6-4-2)39-35-32-29-26-23-21-22-24-27-30-33-36-40-43(45)46/h9-10,12-13,18-19,42H,3-8,11,14-17,20-41H2,1-2H3,(H,45,46)/b10-9-,13-12-,19-18-. The lowest BCUT2D eigenvalue weighted by Crippen LogP contribution is -2.18. The molecule has 0 aromatic heterocycles. The molecule has 1 unspecified atom stereocenters. The van der Waals surface area contributed by atoms with E-state index >= 15 is 0 Å². The number of aliphatic carboxylic acids is 1.